The second-order valence-electron chi connectivity index (χ2n) is 7.81. The minimum Gasteiger partial charge on any atom is -0.503 e. The Hall–Kier alpha value is -2.64. The predicted octanol–water partition coefficient (Wildman–Crippen LogP) is 5.93. The standard InChI is InChI=1S/C22H19Cl2F2NO4/c1-9(2)22(4,21(30)31)17-10(3)27(15-8-14(25)19(28)18(26)16(15)17)20(29)11-5-6-12(23)13(24)7-11/h5-9,28H,1-4H3,(H,30,31)/t22-/m1/s1. The van der Waals surface area contributed by atoms with Crippen molar-refractivity contribution < 1.29 is 28.6 Å². The van der Waals surface area contributed by atoms with Gasteiger partial charge in [-0.3, -0.25) is 14.2 Å². The van der Waals surface area contributed by atoms with Crippen LogP contribution >= 0.6 is 23.2 Å². The molecule has 0 aliphatic carbocycles. The van der Waals surface area contributed by atoms with Gasteiger partial charge in [-0.1, -0.05) is 37.0 Å². The Labute approximate surface area is 186 Å². The SMILES string of the molecule is Cc1c([C@](C)(C(=O)O)C(C)C)c2c(F)c(O)c(F)cc2n1C(=O)c1ccc(Cl)c(Cl)c1. The van der Waals surface area contributed by atoms with Crippen molar-refractivity contribution in [1.82, 2.24) is 4.57 Å². The maximum Gasteiger partial charge on any atom is 0.314 e. The molecule has 2 N–H and O–H groups in total. The van der Waals surface area contributed by atoms with E-state index in [0.29, 0.717) is 0 Å². The summed E-state index contributed by atoms with van der Waals surface area (Å²) in [5.74, 6) is -6.33. The molecule has 1 heterocycles. The number of benzene rings is 2. The number of phenols is 1. The monoisotopic (exact) mass is 469 g/mol. The molecule has 0 spiro atoms. The molecule has 2 aromatic carbocycles. The molecule has 0 bridgehead atoms. The van der Waals surface area contributed by atoms with E-state index in [4.69, 9.17) is 23.2 Å². The van der Waals surface area contributed by atoms with E-state index in [1.165, 1.54) is 32.0 Å². The van der Waals surface area contributed by atoms with E-state index in [1.807, 2.05) is 0 Å². The van der Waals surface area contributed by atoms with Crippen LogP contribution in [0.15, 0.2) is 24.3 Å². The van der Waals surface area contributed by atoms with Crippen LogP contribution in [0.3, 0.4) is 0 Å². The second-order valence-corrected chi connectivity index (χ2v) is 8.62. The maximum atomic E-state index is 15.1. The van der Waals surface area contributed by atoms with Crippen LogP contribution in [0.25, 0.3) is 10.9 Å². The highest BCUT2D eigenvalue weighted by Crippen LogP contribution is 2.44. The number of aromatic hydroxyl groups is 1. The summed E-state index contributed by atoms with van der Waals surface area (Å²) in [6.45, 7) is 6.12. The van der Waals surface area contributed by atoms with Crippen molar-refractivity contribution in [2.75, 3.05) is 0 Å². The van der Waals surface area contributed by atoms with Gasteiger partial charge in [-0.15, -0.1) is 0 Å². The van der Waals surface area contributed by atoms with Gasteiger partial charge in [-0.2, -0.15) is 0 Å². The van der Waals surface area contributed by atoms with Crippen molar-refractivity contribution in [3.05, 3.63) is 62.8 Å². The van der Waals surface area contributed by atoms with E-state index in [9.17, 15) is 24.2 Å². The van der Waals surface area contributed by atoms with E-state index in [0.717, 1.165) is 10.6 Å². The normalized spacial score (nSPS) is 13.6. The Bertz CT molecular complexity index is 1250. The number of fused-ring (bicyclic) bond motifs is 1. The Kier molecular flexibility index (Phi) is 5.80. The molecule has 164 valence electrons. The summed E-state index contributed by atoms with van der Waals surface area (Å²) >= 11 is 11.9. The van der Waals surface area contributed by atoms with Gasteiger partial charge in [0.15, 0.2) is 17.4 Å². The lowest BCUT2D eigenvalue weighted by atomic mass is 9.72. The molecule has 0 amide bonds. The Morgan fingerprint density at radius 2 is 1.74 bits per heavy atom. The van der Waals surface area contributed by atoms with Gasteiger partial charge >= 0.3 is 5.97 Å². The Morgan fingerprint density at radius 1 is 1.13 bits per heavy atom. The van der Waals surface area contributed by atoms with Crippen molar-refractivity contribution in [1.29, 1.82) is 0 Å². The molecule has 0 radical (unpaired) electrons. The number of halogens is 4. The fourth-order valence-electron chi connectivity index (χ4n) is 3.78. The van der Waals surface area contributed by atoms with Crippen molar-refractivity contribution >= 4 is 46.0 Å². The number of carboxylic acid groups (broad SMARTS) is 1. The second kappa shape index (κ2) is 7.80. The quantitative estimate of drug-likeness (QED) is 0.496. The van der Waals surface area contributed by atoms with E-state index in [2.05, 4.69) is 0 Å². The average molecular weight is 470 g/mol. The number of carboxylic acids is 1. The number of nitrogens with zero attached hydrogens (tertiary/aromatic N) is 1. The van der Waals surface area contributed by atoms with Crippen LogP contribution in [0, 0.1) is 24.5 Å². The lowest BCUT2D eigenvalue weighted by Gasteiger charge is -2.30. The molecule has 3 aromatic rings. The van der Waals surface area contributed by atoms with Gasteiger partial charge in [-0.25, -0.2) is 8.78 Å². The summed E-state index contributed by atoms with van der Waals surface area (Å²) in [6, 6.07) is 4.92. The number of hydrogen-bond acceptors (Lipinski definition) is 3. The third kappa shape index (κ3) is 3.36. The maximum absolute atomic E-state index is 15.1. The number of aliphatic carboxylic acids is 1. The first-order valence-corrected chi connectivity index (χ1v) is 10.0. The molecular weight excluding hydrogens is 451 g/mol. The first kappa shape index (κ1) is 23.0. The highest BCUT2D eigenvalue weighted by Gasteiger charge is 2.44. The zero-order valence-corrected chi connectivity index (χ0v) is 18.6. The topological polar surface area (TPSA) is 79.5 Å². The molecule has 0 saturated carbocycles. The fraction of sp³-hybridized carbons (Fsp3) is 0.273. The first-order chi connectivity index (χ1) is 14.3. The van der Waals surface area contributed by atoms with E-state index in [1.54, 1.807) is 13.8 Å². The van der Waals surface area contributed by atoms with Crippen molar-refractivity contribution in [2.24, 2.45) is 5.92 Å². The van der Waals surface area contributed by atoms with Gasteiger partial charge in [0.25, 0.3) is 5.91 Å². The van der Waals surface area contributed by atoms with Crippen LogP contribution in [0.5, 0.6) is 5.75 Å². The molecule has 1 atom stereocenters. The highest BCUT2D eigenvalue weighted by atomic mass is 35.5. The summed E-state index contributed by atoms with van der Waals surface area (Å²) in [5.41, 5.74) is -1.68. The minimum atomic E-state index is -1.64. The van der Waals surface area contributed by atoms with E-state index >= 15 is 4.39 Å². The zero-order valence-electron chi connectivity index (χ0n) is 17.1. The molecule has 0 saturated heterocycles. The van der Waals surface area contributed by atoms with Crippen molar-refractivity contribution in [3.63, 3.8) is 0 Å². The zero-order chi connectivity index (χ0) is 23.4. The van der Waals surface area contributed by atoms with E-state index < -0.39 is 40.6 Å². The average Bonchev–Trinajstić information content (AvgIpc) is 2.98. The molecule has 1 aromatic heterocycles. The number of carbonyl (C=O) groups is 2. The van der Waals surface area contributed by atoms with Crippen molar-refractivity contribution in [3.8, 4) is 5.75 Å². The van der Waals surface area contributed by atoms with Crippen LogP contribution in [0.4, 0.5) is 8.78 Å². The molecule has 3 rings (SSSR count). The molecule has 9 heteroatoms. The van der Waals surface area contributed by atoms with Gasteiger partial charge in [0.2, 0.25) is 0 Å². The molecule has 5 nitrogen and oxygen atoms in total. The van der Waals surface area contributed by atoms with Gasteiger partial charge < -0.3 is 10.2 Å². The summed E-state index contributed by atoms with van der Waals surface area (Å²) in [4.78, 5) is 25.6. The Balaban J connectivity index is 2.49. The largest absolute Gasteiger partial charge is 0.503 e. The predicted molar refractivity (Wildman–Crippen MR) is 114 cm³/mol. The highest BCUT2D eigenvalue weighted by molar-refractivity contribution is 6.42. The van der Waals surface area contributed by atoms with Gasteiger partial charge in [0.05, 0.1) is 21.0 Å². The summed E-state index contributed by atoms with van der Waals surface area (Å²) in [6.07, 6.45) is 0. The molecular formula is C22H19Cl2F2NO4. The molecule has 0 aliphatic rings. The third-order valence-corrected chi connectivity index (χ3v) is 6.59. The van der Waals surface area contributed by atoms with Crippen molar-refractivity contribution in [2.45, 2.75) is 33.1 Å². The van der Waals surface area contributed by atoms with Crippen LogP contribution in [0.2, 0.25) is 10.0 Å². The minimum absolute atomic E-state index is 0.0220. The molecule has 0 aliphatic heterocycles. The first-order valence-electron chi connectivity index (χ1n) is 9.29. The van der Waals surface area contributed by atoms with Crippen LogP contribution in [-0.2, 0) is 10.2 Å². The summed E-state index contributed by atoms with van der Waals surface area (Å²) in [5, 5.41) is 19.9. The molecule has 0 unspecified atom stereocenters. The fourth-order valence-corrected chi connectivity index (χ4v) is 4.08. The number of phenolic OH excluding ortho intramolecular Hbond substituents is 1. The smallest absolute Gasteiger partial charge is 0.314 e. The van der Waals surface area contributed by atoms with E-state index in [-0.39, 0.29) is 37.8 Å². The number of rotatable bonds is 4. The lowest BCUT2D eigenvalue weighted by molar-refractivity contribution is -0.145. The van der Waals surface area contributed by atoms with Crippen LogP contribution in [0.1, 0.15) is 42.4 Å². The number of carbonyl (C=O) groups excluding carboxylic acids is 1. The Morgan fingerprint density at radius 3 is 2.26 bits per heavy atom. The molecule has 0 fully saturated rings. The van der Waals surface area contributed by atoms with Crippen LogP contribution < -0.4 is 0 Å². The summed E-state index contributed by atoms with van der Waals surface area (Å²) in [7, 11) is 0. The number of aromatic nitrogens is 1. The van der Waals surface area contributed by atoms with Gasteiger partial charge in [0.1, 0.15) is 0 Å². The summed E-state index contributed by atoms with van der Waals surface area (Å²) < 4.78 is 30.4. The van der Waals surface area contributed by atoms with Crippen LogP contribution in [-0.4, -0.2) is 26.7 Å². The van der Waals surface area contributed by atoms with Gasteiger partial charge in [-0.05, 0) is 38.0 Å². The van der Waals surface area contributed by atoms with Gasteiger partial charge in [0, 0.05) is 28.3 Å². The molecule has 31 heavy (non-hydrogen) atoms. The third-order valence-electron chi connectivity index (χ3n) is 5.85. The number of hydrogen-bond donors (Lipinski definition) is 2. The lowest BCUT2D eigenvalue weighted by Crippen LogP contribution is -2.38.